The average molecular weight is 445 g/mol. The Kier molecular flexibility index (Phi) is 9.72. The molecule has 1 fully saturated rings. The van der Waals surface area contributed by atoms with Crippen LogP contribution >= 0.6 is 0 Å². The quantitative estimate of drug-likeness (QED) is 0.373. The van der Waals surface area contributed by atoms with Gasteiger partial charge in [0.05, 0.1) is 13.1 Å². The molecule has 0 aliphatic carbocycles. The Bertz CT molecular complexity index is 811. The highest BCUT2D eigenvalue weighted by Crippen LogP contribution is 2.21. The molecule has 3 amide bonds. The minimum absolute atomic E-state index is 0.0319. The van der Waals surface area contributed by atoms with Gasteiger partial charge in [-0.25, -0.2) is 0 Å². The third-order valence-electron chi connectivity index (χ3n) is 5.34. The Hall–Kier alpha value is -3.36. The van der Waals surface area contributed by atoms with E-state index < -0.39 is 12.1 Å². The first-order valence-corrected chi connectivity index (χ1v) is 10.8. The Labute approximate surface area is 188 Å². The summed E-state index contributed by atoms with van der Waals surface area (Å²) in [7, 11) is 1.50. The van der Waals surface area contributed by atoms with Crippen molar-refractivity contribution in [1.29, 1.82) is 0 Å². The molecule has 1 aliphatic rings. The van der Waals surface area contributed by atoms with Crippen LogP contribution in [-0.2, 0) is 19.1 Å². The van der Waals surface area contributed by atoms with Crippen LogP contribution in [0.25, 0.3) is 0 Å². The van der Waals surface area contributed by atoms with E-state index in [0.29, 0.717) is 30.8 Å². The molecule has 2 N–H and O–H groups in total. The molecule has 0 spiro atoms. The van der Waals surface area contributed by atoms with Gasteiger partial charge in [0.1, 0.15) is 12.1 Å². The van der Waals surface area contributed by atoms with E-state index in [1.807, 2.05) is 6.92 Å². The Morgan fingerprint density at radius 3 is 2.56 bits per heavy atom. The maximum atomic E-state index is 12.7. The lowest BCUT2D eigenvalue weighted by molar-refractivity contribution is -0.137. The average Bonchev–Trinajstić information content (AvgIpc) is 3.24. The summed E-state index contributed by atoms with van der Waals surface area (Å²) >= 11 is 0. The predicted molar refractivity (Wildman–Crippen MR) is 121 cm³/mol. The fraction of sp³-hybridized carbons (Fsp3) is 0.478. The standard InChI is InChI=1S/C23H32N4O5/c1-4-6-12-26(11-5-2)23(31)17-7-9-18(10-8-17)25-14-21(29)27-15-19(32-16-28)13-20(27)22(30)24-3/h4,7-10,16,19-20,25H,1,5-6,11-15H2,2-3H3,(H,24,30)/t19-,20?/m1/s1. The van der Waals surface area contributed by atoms with Crippen LogP contribution in [0.3, 0.4) is 0 Å². The van der Waals surface area contributed by atoms with E-state index in [4.69, 9.17) is 4.74 Å². The number of nitrogens with zero attached hydrogens (tertiary/aromatic N) is 2. The van der Waals surface area contributed by atoms with Gasteiger partial charge in [0, 0.05) is 37.8 Å². The highest BCUT2D eigenvalue weighted by Gasteiger charge is 2.40. The van der Waals surface area contributed by atoms with E-state index in [1.54, 1.807) is 35.2 Å². The summed E-state index contributed by atoms with van der Waals surface area (Å²) in [6.45, 7) is 7.51. The number of carbonyl (C=O) groups excluding carboxylic acids is 4. The van der Waals surface area contributed by atoms with Gasteiger partial charge in [-0.15, -0.1) is 6.58 Å². The molecule has 9 nitrogen and oxygen atoms in total. The molecule has 0 bridgehead atoms. The van der Waals surface area contributed by atoms with Gasteiger partial charge in [0.2, 0.25) is 11.8 Å². The number of rotatable bonds is 12. The maximum absolute atomic E-state index is 12.7. The topological polar surface area (TPSA) is 108 Å². The van der Waals surface area contributed by atoms with Crippen LogP contribution in [0, 0.1) is 0 Å². The second kappa shape index (κ2) is 12.5. The lowest BCUT2D eigenvalue weighted by atomic mass is 10.1. The summed E-state index contributed by atoms with van der Waals surface area (Å²) < 4.78 is 4.95. The summed E-state index contributed by atoms with van der Waals surface area (Å²) in [6.07, 6.45) is 3.16. The van der Waals surface area contributed by atoms with Crippen molar-refractivity contribution in [2.24, 2.45) is 0 Å². The van der Waals surface area contributed by atoms with Gasteiger partial charge in [-0.05, 0) is 37.1 Å². The highest BCUT2D eigenvalue weighted by atomic mass is 16.5. The second-order valence-electron chi connectivity index (χ2n) is 7.57. The predicted octanol–water partition coefficient (Wildman–Crippen LogP) is 1.42. The van der Waals surface area contributed by atoms with Crippen molar-refractivity contribution in [1.82, 2.24) is 15.1 Å². The van der Waals surface area contributed by atoms with E-state index >= 15 is 0 Å². The minimum atomic E-state index is -0.681. The molecule has 0 saturated carbocycles. The molecule has 1 heterocycles. The number of likely N-dealkylation sites (N-methyl/N-ethyl adjacent to an activating group) is 1. The van der Waals surface area contributed by atoms with Crippen LogP contribution in [0.15, 0.2) is 36.9 Å². The first-order chi connectivity index (χ1) is 15.4. The fourth-order valence-electron chi connectivity index (χ4n) is 3.69. The number of hydrogen-bond acceptors (Lipinski definition) is 6. The highest BCUT2D eigenvalue weighted by molar-refractivity contribution is 5.94. The third-order valence-corrected chi connectivity index (χ3v) is 5.34. The van der Waals surface area contributed by atoms with Crippen molar-refractivity contribution < 1.29 is 23.9 Å². The minimum Gasteiger partial charge on any atom is -0.463 e. The summed E-state index contributed by atoms with van der Waals surface area (Å²) in [5.74, 6) is -0.622. The summed E-state index contributed by atoms with van der Waals surface area (Å²) in [5, 5.41) is 5.57. The number of ether oxygens (including phenoxy) is 1. The zero-order valence-corrected chi connectivity index (χ0v) is 18.7. The van der Waals surface area contributed by atoms with Gasteiger partial charge in [0.15, 0.2) is 0 Å². The first-order valence-electron chi connectivity index (χ1n) is 10.8. The van der Waals surface area contributed by atoms with Gasteiger partial charge < -0.3 is 25.2 Å². The SMILES string of the molecule is C=CCCN(CCC)C(=O)c1ccc(NCC(=O)N2C[C@H](OC=O)CC2C(=O)NC)cc1. The Balaban J connectivity index is 1.97. The lowest BCUT2D eigenvalue weighted by Gasteiger charge is -2.23. The molecule has 1 unspecified atom stereocenters. The van der Waals surface area contributed by atoms with Gasteiger partial charge in [-0.1, -0.05) is 13.0 Å². The summed E-state index contributed by atoms with van der Waals surface area (Å²) in [6, 6.07) is 6.26. The molecule has 1 saturated heterocycles. The number of anilines is 1. The third kappa shape index (κ3) is 6.57. The Morgan fingerprint density at radius 2 is 1.97 bits per heavy atom. The zero-order valence-electron chi connectivity index (χ0n) is 18.7. The van der Waals surface area contributed by atoms with E-state index in [2.05, 4.69) is 17.2 Å². The molecule has 2 atom stereocenters. The van der Waals surface area contributed by atoms with Gasteiger partial charge >= 0.3 is 0 Å². The second-order valence-corrected chi connectivity index (χ2v) is 7.57. The zero-order chi connectivity index (χ0) is 23.5. The van der Waals surface area contributed by atoms with Crippen molar-refractivity contribution in [3.8, 4) is 0 Å². The van der Waals surface area contributed by atoms with Crippen LogP contribution < -0.4 is 10.6 Å². The maximum Gasteiger partial charge on any atom is 0.293 e. The van der Waals surface area contributed by atoms with Crippen LogP contribution in [0.5, 0.6) is 0 Å². The van der Waals surface area contributed by atoms with E-state index in [-0.39, 0.29) is 37.2 Å². The smallest absolute Gasteiger partial charge is 0.293 e. The molecule has 174 valence electrons. The van der Waals surface area contributed by atoms with Crippen molar-refractivity contribution in [3.05, 3.63) is 42.5 Å². The molecule has 1 aromatic rings. The number of amides is 3. The lowest BCUT2D eigenvalue weighted by Crippen LogP contribution is -2.46. The van der Waals surface area contributed by atoms with Gasteiger partial charge in [-0.2, -0.15) is 0 Å². The summed E-state index contributed by atoms with van der Waals surface area (Å²) in [4.78, 5) is 51.4. The van der Waals surface area contributed by atoms with Crippen molar-refractivity contribution in [2.45, 2.75) is 38.3 Å². The molecule has 1 aromatic carbocycles. The van der Waals surface area contributed by atoms with Crippen molar-refractivity contribution in [2.75, 3.05) is 38.5 Å². The molecule has 1 aliphatic heterocycles. The normalized spacial score (nSPS) is 17.4. The largest absolute Gasteiger partial charge is 0.463 e. The first kappa shape index (κ1) is 24.9. The monoisotopic (exact) mass is 444 g/mol. The Morgan fingerprint density at radius 1 is 1.25 bits per heavy atom. The van der Waals surface area contributed by atoms with Crippen LogP contribution in [-0.4, -0.2) is 79.4 Å². The number of nitrogens with one attached hydrogen (secondary N) is 2. The molecule has 2 rings (SSSR count). The number of carbonyl (C=O) groups is 4. The van der Waals surface area contributed by atoms with Crippen LogP contribution in [0.2, 0.25) is 0 Å². The van der Waals surface area contributed by atoms with Gasteiger partial charge in [-0.3, -0.25) is 19.2 Å². The van der Waals surface area contributed by atoms with Crippen LogP contribution in [0.1, 0.15) is 36.5 Å². The summed E-state index contributed by atoms with van der Waals surface area (Å²) in [5.41, 5.74) is 1.26. The number of likely N-dealkylation sites (tertiary alicyclic amines) is 1. The molecule has 0 radical (unpaired) electrons. The number of benzene rings is 1. The number of hydrogen-bond donors (Lipinski definition) is 2. The molecule has 9 heteroatoms. The van der Waals surface area contributed by atoms with Crippen molar-refractivity contribution >= 4 is 29.9 Å². The van der Waals surface area contributed by atoms with Gasteiger partial charge in [0.25, 0.3) is 12.4 Å². The molecular weight excluding hydrogens is 412 g/mol. The van der Waals surface area contributed by atoms with E-state index in [0.717, 1.165) is 12.8 Å². The van der Waals surface area contributed by atoms with E-state index in [1.165, 1.54) is 11.9 Å². The van der Waals surface area contributed by atoms with Crippen molar-refractivity contribution in [3.63, 3.8) is 0 Å². The molecule has 32 heavy (non-hydrogen) atoms. The van der Waals surface area contributed by atoms with Crippen LogP contribution in [0.4, 0.5) is 5.69 Å². The van der Waals surface area contributed by atoms with E-state index in [9.17, 15) is 19.2 Å². The fourth-order valence-corrected chi connectivity index (χ4v) is 3.69. The molecular formula is C23H32N4O5. The molecule has 0 aromatic heterocycles.